The number of anilines is 1. The number of para-hydroxylation sites is 1. The van der Waals surface area contributed by atoms with Crippen LogP contribution in [0.4, 0.5) is 5.69 Å². The fourth-order valence-corrected chi connectivity index (χ4v) is 4.22. The second-order valence-electron chi connectivity index (χ2n) is 7.00. The van der Waals surface area contributed by atoms with E-state index in [0.717, 1.165) is 34.2 Å². The Morgan fingerprint density at radius 2 is 1.87 bits per heavy atom. The van der Waals surface area contributed by atoms with Crippen LogP contribution in [-0.2, 0) is 0 Å². The molecule has 0 saturated heterocycles. The fraction of sp³-hybridized carbons (Fsp3) is 0.174. The van der Waals surface area contributed by atoms with E-state index >= 15 is 0 Å². The molecule has 4 aromatic rings. The number of phenols is 1. The van der Waals surface area contributed by atoms with Crippen molar-refractivity contribution in [2.75, 3.05) is 11.1 Å². The van der Waals surface area contributed by atoms with Crippen LogP contribution in [0.15, 0.2) is 65.8 Å². The third-order valence-corrected chi connectivity index (χ3v) is 6.02. The first-order valence-corrected chi connectivity index (χ1v) is 10.8. The molecule has 1 atom stereocenters. The Hall–Kier alpha value is -3.32. The molecule has 0 saturated carbocycles. The Kier molecular flexibility index (Phi) is 4.88. The molecule has 2 heterocycles. The molecule has 150 valence electrons. The lowest BCUT2D eigenvalue weighted by Crippen LogP contribution is -2.17. The van der Waals surface area contributed by atoms with Gasteiger partial charge in [-0.25, -0.2) is 0 Å². The van der Waals surface area contributed by atoms with Gasteiger partial charge in [0.2, 0.25) is 17.3 Å². The molecule has 0 radical (unpaired) electrons. The predicted molar refractivity (Wildman–Crippen MR) is 119 cm³/mol. The number of nitrogens with zero attached hydrogens (tertiary/aromatic N) is 3. The van der Waals surface area contributed by atoms with Crippen molar-refractivity contribution < 1.29 is 9.84 Å². The molecule has 0 amide bonds. The van der Waals surface area contributed by atoms with E-state index in [1.165, 1.54) is 0 Å². The Balaban J connectivity index is 1.68. The van der Waals surface area contributed by atoms with Crippen LogP contribution >= 0.6 is 11.8 Å². The maximum Gasteiger partial charge on any atom is 0.247 e. The van der Waals surface area contributed by atoms with E-state index in [0.29, 0.717) is 22.3 Å². The van der Waals surface area contributed by atoms with E-state index in [2.05, 4.69) is 27.4 Å². The number of hydrogen-bond donors (Lipinski definition) is 2. The van der Waals surface area contributed by atoms with E-state index in [1.54, 1.807) is 17.8 Å². The van der Waals surface area contributed by atoms with E-state index in [-0.39, 0.29) is 5.75 Å². The largest absolute Gasteiger partial charge is 0.507 e. The van der Waals surface area contributed by atoms with Crippen LogP contribution < -0.4 is 10.1 Å². The Bertz CT molecular complexity index is 1230. The van der Waals surface area contributed by atoms with Crippen molar-refractivity contribution in [1.29, 1.82) is 0 Å². The monoisotopic (exact) mass is 416 g/mol. The van der Waals surface area contributed by atoms with Crippen molar-refractivity contribution in [2.24, 2.45) is 0 Å². The van der Waals surface area contributed by atoms with Gasteiger partial charge in [-0.15, -0.1) is 10.2 Å². The average Bonchev–Trinajstić information content (AvgIpc) is 2.93. The second-order valence-corrected chi connectivity index (χ2v) is 8.07. The lowest BCUT2D eigenvalue weighted by molar-refractivity contribution is 0.222. The average molecular weight is 417 g/mol. The molecule has 30 heavy (non-hydrogen) atoms. The number of hydrogen-bond acceptors (Lipinski definition) is 7. The molecular weight excluding hydrogens is 396 g/mol. The molecule has 2 N–H and O–H groups in total. The number of ether oxygens (including phenoxy) is 1. The molecule has 0 fully saturated rings. The molecule has 1 unspecified atom stereocenters. The van der Waals surface area contributed by atoms with Crippen LogP contribution in [0.2, 0.25) is 0 Å². The number of aromatic nitrogens is 3. The first-order chi connectivity index (χ1) is 14.7. The van der Waals surface area contributed by atoms with Gasteiger partial charge >= 0.3 is 0 Å². The van der Waals surface area contributed by atoms with E-state index < -0.39 is 6.23 Å². The Morgan fingerprint density at radius 1 is 1.03 bits per heavy atom. The van der Waals surface area contributed by atoms with Crippen LogP contribution in [0.1, 0.15) is 25.1 Å². The summed E-state index contributed by atoms with van der Waals surface area (Å²) in [5, 5.41) is 25.4. The predicted octanol–water partition coefficient (Wildman–Crippen LogP) is 5.40. The summed E-state index contributed by atoms with van der Waals surface area (Å²) in [5.74, 6) is 1.47. The Morgan fingerprint density at radius 3 is 2.77 bits per heavy atom. The SMILES string of the molecule is CCCSc1nnc2c(n1)OC(c1c(O)ccc3ccccc13)Nc1ccccc1-2. The van der Waals surface area contributed by atoms with E-state index in [4.69, 9.17) is 4.74 Å². The van der Waals surface area contributed by atoms with Crippen molar-refractivity contribution in [3.63, 3.8) is 0 Å². The minimum Gasteiger partial charge on any atom is -0.507 e. The number of phenolic OH excluding ortho intramolecular Hbond substituents is 1. The summed E-state index contributed by atoms with van der Waals surface area (Å²) in [5.41, 5.74) is 2.96. The molecule has 1 aliphatic heterocycles. The first-order valence-electron chi connectivity index (χ1n) is 9.85. The number of benzene rings is 3. The number of aromatic hydroxyl groups is 1. The minimum atomic E-state index is -0.640. The van der Waals surface area contributed by atoms with Gasteiger partial charge in [0.15, 0.2) is 5.69 Å². The number of fused-ring (bicyclic) bond motifs is 4. The third-order valence-electron chi connectivity index (χ3n) is 4.98. The summed E-state index contributed by atoms with van der Waals surface area (Å²) in [6, 6.07) is 19.3. The standard InChI is InChI=1S/C23H20N4O2S/c1-2-13-30-23-25-22-20(26-27-23)16-9-5-6-10-17(16)24-21(29-22)19-15-8-4-3-7-14(15)11-12-18(19)28/h3-12,21,24,28H,2,13H2,1H3. The first kappa shape index (κ1) is 18.7. The molecule has 6 nitrogen and oxygen atoms in total. The molecule has 7 heteroatoms. The minimum absolute atomic E-state index is 0.162. The van der Waals surface area contributed by atoms with Crippen molar-refractivity contribution in [2.45, 2.75) is 24.7 Å². The third kappa shape index (κ3) is 3.31. The highest BCUT2D eigenvalue weighted by Crippen LogP contribution is 2.42. The fourth-order valence-electron chi connectivity index (χ4n) is 3.59. The van der Waals surface area contributed by atoms with Crippen molar-refractivity contribution in [1.82, 2.24) is 15.2 Å². The van der Waals surface area contributed by atoms with Gasteiger partial charge in [0.1, 0.15) is 5.75 Å². The van der Waals surface area contributed by atoms with Crippen molar-refractivity contribution in [3.8, 4) is 22.9 Å². The highest BCUT2D eigenvalue weighted by Gasteiger charge is 2.28. The highest BCUT2D eigenvalue weighted by molar-refractivity contribution is 7.99. The Labute approximate surface area is 178 Å². The topological polar surface area (TPSA) is 80.2 Å². The number of nitrogens with one attached hydrogen (secondary N) is 1. The van der Waals surface area contributed by atoms with Gasteiger partial charge in [0, 0.05) is 17.0 Å². The second kappa shape index (κ2) is 7.84. The summed E-state index contributed by atoms with van der Waals surface area (Å²) in [7, 11) is 0. The lowest BCUT2D eigenvalue weighted by Gasteiger charge is -2.22. The molecule has 0 aliphatic carbocycles. The number of rotatable bonds is 4. The van der Waals surface area contributed by atoms with Crippen molar-refractivity contribution in [3.05, 3.63) is 66.2 Å². The van der Waals surface area contributed by atoms with Gasteiger partial charge in [-0.3, -0.25) is 0 Å². The van der Waals surface area contributed by atoms with Crippen LogP contribution in [0.3, 0.4) is 0 Å². The normalized spacial score (nSPS) is 14.9. The summed E-state index contributed by atoms with van der Waals surface area (Å²) in [6.45, 7) is 2.11. The van der Waals surface area contributed by atoms with Gasteiger partial charge in [-0.1, -0.05) is 67.2 Å². The van der Waals surface area contributed by atoms with Gasteiger partial charge in [-0.05, 0) is 29.3 Å². The van der Waals surface area contributed by atoms with Crippen LogP contribution in [-0.4, -0.2) is 26.0 Å². The highest BCUT2D eigenvalue weighted by atomic mass is 32.2. The van der Waals surface area contributed by atoms with E-state index in [1.807, 2.05) is 54.6 Å². The summed E-state index contributed by atoms with van der Waals surface area (Å²) in [4.78, 5) is 4.64. The molecule has 1 aromatic heterocycles. The molecule has 0 spiro atoms. The molecule has 5 rings (SSSR count). The molecule has 1 aliphatic rings. The van der Waals surface area contributed by atoms with Gasteiger partial charge in [0.05, 0.1) is 5.56 Å². The quantitative estimate of drug-likeness (QED) is 0.431. The maximum absolute atomic E-state index is 10.7. The lowest BCUT2D eigenvalue weighted by atomic mass is 10.0. The summed E-state index contributed by atoms with van der Waals surface area (Å²) in [6.07, 6.45) is 0.377. The van der Waals surface area contributed by atoms with Crippen molar-refractivity contribution >= 4 is 28.2 Å². The molecule has 0 bridgehead atoms. The van der Waals surface area contributed by atoms with Crippen LogP contribution in [0.25, 0.3) is 22.0 Å². The van der Waals surface area contributed by atoms with Crippen LogP contribution in [0, 0.1) is 0 Å². The summed E-state index contributed by atoms with van der Waals surface area (Å²) < 4.78 is 6.34. The summed E-state index contributed by atoms with van der Waals surface area (Å²) >= 11 is 1.55. The van der Waals surface area contributed by atoms with Gasteiger partial charge < -0.3 is 15.2 Å². The van der Waals surface area contributed by atoms with Gasteiger partial charge in [0.25, 0.3) is 0 Å². The number of thioether (sulfide) groups is 1. The molecule has 3 aromatic carbocycles. The van der Waals surface area contributed by atoms with Gasteiger partial charge in [-0.2, -0.15) is 4.98 Å². The smallest absolute Gasteiger partial charge is 0.247 e. The zero-order valence-electron chi connectivity index (χ0n) is 16.4. The molecular formula is C23H20N4O2S. The maximum atomic E-state index is 10.7. The zero-order valence-corrected chi connectivity index (χ0v) is 17.2. The van der Waals surface area contributed by atoms with E-state index in [9.17, 15) is 5.11 Å². The zero-order chi connectivity index (χ0) is 20.5. The van der Waals surface area contributed by atoms with Crippen LogP contribution in [0.5, 0.6) is 11.6 Å².